The first-order chi connectivity index (χ1) is 14.9. The summed E-state index contributed by atoms with van der Waals surface area (Å²) in [5.41, 5.74) is 7.46. The monoisotopic (exact) mass is 389 g/mol. The first kappa shape index (κ1) is 16.6. The number of pyridine rings is 4. The molecule has 0 saturated carbocycles. The average Bonchev–Trinajstić information content (AvgIpc) is 3.43. The summed E-state index contributed by atoms with van der Waals surface area (Å²) >= 11 is 0. The summed E-state index contributed by atoms with van der Waals surface area (Å²) in [5.74, 6) is 0. The van der Waals surface area contributed by atoms with Crippen LogP contribution in [0.2, 0.25) is 0 Å². The van der Waals surface area contributed by atoms with Gasteiger partial charge in [0.1, 0.15) is 5.65 Å². The Bertz CT molecular complexity index is 1480. The van der Waals surface area contributed by atoms with Crippen LogP contribution in [0.5, 0.6) is 0 Å². The summed E-state index contributed by atoms with van der Waals surface area (Å²) in [7, 11) is 0. The number of nitrogens with one attached hydrogen (secondary N) is 2. The molecule has 2 N–H and O–H groups in total. The Morgan fingerprint density at radius 3 is 2.50 bits per heavy atom. The second kappa shape index (κ2) is 6.59. The van der Waals surface area contributed by atoms with Crippen LogP contribution in [0.15, 0.2) is 79.6 Å². The van der Waals surface area contributed by atoms with Gasteiger partial charge in [-0.2, -0.15) is 5.10 Å². The molecule has 0 aliphatic carbocycles. The fraction of sp³-hybridized carbons (Fsp3) is 0. The third kappa shape index (κ3) is 2.64. The van der Waals surface area contributed by atoms with Crippen LogP contribution in [0, 0.1) is 0 Å². The summed E-state index contributed by atoms with van der Waals surface area (Å²) in [6.45, 7) is 0. The highest BCUT2D eigenvalue weighted by Crippen LogP contribution is 2.33. The van der Waals surface area contributed by atoms with Crippen molar-refractivity contribution in [2.45, 2.75) is 0 Å². The van der Waals surface area contributed by atoms with Gasteiger partial charge in [0.25, 0.3) is 0 Å². The third-order valence-corrected chi connectivity index (χ3v) is 5.20. The lowest BCUT2D eigenvalue weighted by molar-refractivity contribution is 1.10. The standard InChI is InChI=1S/C23H15N7/c1-2-15(12-25-6-1)17-5-9-26-22-18(17)11-20(28-22)21-19-10-16(13-27-23(19)30-29-21)14-3-7-24-8-4-14/h1-13H,(H,26,28)(H,27,29,30). The van der Waals surface area contributed by atoms with Crippen LogP contribution in [0.3, 0.4) is 0 Å². The lowest BCUT2D eigenvalue weighted by Gasteiger charge is -2.01. The molecule has 30 heavy (non-hydrogen) atoms. The van der Waals surface area contributed by atoms with Gasteiger partial charge in [-0.3, -0.25) is 15.1 Å². The molecular weight excluding hydrogens is 374 g/mol. The summed E-state index contributed by atoms with van der Waals surface area (Å²) in [5, 5.41) is 9.49. The van der Waals surface area contributed by atoms with Crippen molar-refractivity contribution in [3.63, 3.8) is 0 Å². The topological polar surface area (TPSA) is 96.0 Å². The molecule has 7 nitrogen and oxygen atoms in total. The molecule has 0 spiro atoms. The van der Waals surface area contributed by atoms with Crippen LogP contribution in [0.25, 0.3) is 55.7 Å². The zero-order valence-corrected chi connectivity index (χ0v) is 15.7. The van der Waals surface area contributed by atoms with Crippen molar-refractivity contribution in [2.24, 2.45) is 0 Å². The maximum absolute atomic E-state index is 4.52. The van der Waals surface area contributed by atoms with Crippen LogP contribution in [0.1, 0.15) is 0 Å². The molecule has 142 valence electrons. The van der Waals surface area contributed by atoms with E-state index in [1.54, 1.807) is 24.8 Å². The summed E-state index contributed by atoms with van der Waals surface area (Å²) in [4.78, 5) is 20.8. The molecule has 0 aliphatic heterocycles. The van der Waals surface area contributed by atoms with Crippen molar-refractivity contribution in [3.8, 4) is 33.6 Å². The highest BCUT2D eigenvalue weighted by atomic mass is 15.2. The predicted molar refractivity (Wildman–Crippen MR) is 115 cm³/mol. The molecule has 0 aliphatic rings. The Balaban J connectivity index is 1.52. The molecule has 0 atom stereocenters. The Kier molecular flexibility index (Phi) is 3.64. The van der Waals surface area contributed by atoms with Crippen molar-refractivity contribution < 1.29 is 0 Å². The van der Waals surface area contributed by atoms with Crippen LogP contribution in [-0.4, -0.2) is 35.1 Å². The molecular formula is C23H15N7. The van der Waals surface area contributed by atoms with Gasteiger partial charge in [-0.15, -0.1) is 0 Å². The van der Waals surface area contributed by atoms with Crippen molar-refractivity contribution in [3.05, 3.63) is 79.6 Å². The molecule has 0 aromatic carbocycles. The second-order valence-corrected chi connectivity index (χ2v) is 6.98. The fourth-order valence-corrected chi connectivity index (χ4v) is 3.74. The van der Waals surface area contributed by atoms with E-state index in [4.69, 9.17) is 0 Å². The number of nitrogens with zero attached hydrogens (tertiary/aromatic N) is 5. The van der Waals surface area contributed by atoms with E-state index in [1.807, 2.05) is 42.7 Å². The number of H-pyrrole nitrogens is 2. The molecule has 0 fully saturated rings. The maximum atomic E-state index is 4.52. The van der Waals surface area contributed by atoms with Gasteiger partial charge >= 0.3 is 0 Å². The van der Waals surface area contributed by atoms with E-state index >= 15 is 0 Å². The van der Waals surface area contributed by atoms with Crippen LogP contribution < -0.4 is 0 Å². The highest BCUT2D eigenvalue weighted by Gasteiger charge is 2.15. The molecule has 6 rings (SSSR count). The van der Waals surface area contributed by atoms with Crippen molar-refractivity contribution in [1.82, 2.24) is 35.1 Å². The number of hydrogen-bond donors (Lipinski definition) is 2. The summed E-state index contributed by atoms with van der Waals surface area (Å²) < 4.78 is 0. The fourth-order valence-electron chi connectivity index (χ4n) is 3.74. The molecule has 6 heterocycles. The number of fused-ring (bicyclic) bond motifs is 2. The quantitative estimate of drug-likeness (QED) is 0.460. The van der Waals surface area contributed by atoms with E-state index in [0.29, 0.717) is 5.65 Å². The predicted octanol–water partition coefficient (Wildman–Crippen LogP) is 4.63. The second-order valence-electron chi connectivity index (χ2n) is 6.98. The van der Waals surface area contributed by atoms with E-state index in [2.05, 4.69) is 47.2 Å². The van der Waals surface area contributed by atoms with Gasteiger partial charge in [0, 0.05) is 59.1 Å². The molecule has 7 heteroatoms. The smallest absolute Gasteiger partial charge is 0.181 e. The largest absolute Gasteiger partial charge is 0.338 e. The van der Waals surface area contributed by atoms with Gasteiger partial charge in [-0.25, -0.2) is 9.97 Å². The van der Waals surface area contributed by atoms with E-state index in [9.17, 15) is 0 Å². The number of rotatable bonds is 3. The zero-order valence-electron chi connectivity index (χ0n) is 15.7. The Morgan fingerprint density at radius 1 is 0.700 bits per heavy atom. The van der Waals surface area contributed by atoms with Crippen molar-refractivity contribution >= 4 is 22.1 Å². The molecule has 6 aromatic heterocycles. The third-order valence-electron chi connectivity index (χ3n) is 5.20. The lowest BCUT2D eigenvalue weighted by Crippen LogP contribution is -1.83. The van der Waals surface area contributed by atoms with E-state index < -0.39 is 0 Å². The van der Waals surface area contributed by atoms with Gasteiger partial charge in [0.05, 0.1) is 11.4 Å². The number of hydrogen-bond acceptors (Lipinski definition) is 5. The number of aromatic amines is 2. The van der Waals surface area contributed by atoms with Gasteiger partial charge in [0.15, 0.2) is 5.65 Å². The Labute approximate surface area is 170 Å². The van der Waals surface area contributed by atoms with Gasteiger partial charge < -0.3 is 4.98 Å². The molecule has 6 aromatic rings. The average molecular weight is 389 g/mol. The maximum Gasteiger partial charge on any atom is 0.181 e. The molecule has 0 saturated heterocycles. The summed E-state index contributed by atoms with van der Waals surface area (Å²) in [6, 6.07) is 14.1. The Morgan fingerprint density at radius 2 is 1.63 bits per heavy atom. The van der Waals surface area contributed by atoms with Crippen molar-refractivity contribution in [2.75, 3.05) is 0 Å². The van der Waals surface area contributed by atoms with Crippen LogP contribution in [-0.2, 0) is 0 Å². The first-order valence-corrected chi connectivity index (χ1v) is 9.50. The molecule has 0 radical (unpaired) electrons. The molecule has 0 unspecified atom stereocenters. The lowest BCUT2D eigenvalue weighted by atomic mass is 10.1. The van der Waals surface area contributed by atoms with E-state index in [-0.39, 0.29) is 0 Å². The first-order valence-electron chi connectivity index (χ1n) is 9.50. The van der Waals surface area contributed by atoms with E-state index in [1.165, 1.54) is 0 Å². The summed E-state index contributed by atoms with van der Waals surface area (Å²) in [6.07, 6.45) is 10.8. The van der Waals surface area contributed by atoms with Crippen LogP contribution >= 0.6 is 0 Å². The SMILES string of the molecule is c1cncc(-c2ccnc3[nH]c(-c4[nH]nc5ncc(-c6ccncc6)cc45)cc23)c1. The minimum absolute atomic E-state index is 0.668. The minimum Gasteiger partial charge on any atom is -0.338 e. The van der Waals surface area contributed by atoms with Gasteiger partial charge in [-0.1, -0.05) is 6.07 Å². The van der Waals surface area contributed by atoms with Gasteiger partial charge in [0.2, 0.25) is 0 Å². The minimum atomic E-state index is 0.668. The van der Waals surface area contributed by atoms with Gasteiger partial charge in [-0.05, 0) is 47.5 Å². The highest BCUT2D eigenvalue weighted by molar-refractivity contribution is 5.99. The Hall–Kier alpha value is -4.39. The number of aromatic nitrogens is 7. The van der Waals surface area contributed by atoms with E-state index in [0.717, 1.165) is 50.1 Å². The van der Waals surface area contributed by atoms with Crippen LogP contribution in [0.4, 0.5) is 0 Å². The molecule has 0 bridgehead atoms. The van der Waals surface area contributed by atoms with Crippen molar-refractivity contribution in [1.29, 1.82) is 0 Å². The normalized spacial score (nSPS) is 11.3. The zero-order chi connectivity index (χ0) is 19.9. The molecule has 0 amide bonds.